The van der Waals surface area contributed by atoms with Crippen LogP contribution in [0.4, 0.5) is 0 Å². The van der Waals surface area contributed by atoms with E-state index in [-0.39, 0.29) is 5.41 Å². The van der Waals surface area contributed by atoms with Gasteiger partial charge in [0.15, 0.2) is 0 Å². The largest absolute Gasteiger partial charge is 0.0883 e. The van der Waals surface area contributed by atoms with E-state index in [9.17, 15) is 0 Å². The smallest absolute Gasteiger partial charge is 0.0215 e. The summed E-state index contributed by atoms with van der Waals surface area (Å²) in [6.07, 6.45) is 4.26. The van der Waals surface area contributed by atoms with Gasteiger partial charge in [0.05, 0.1) is 0 Å². The summed E-state index contributed by atoms with van der Waals surface area (Å²) in [6, 6.07) is 8.69. The second-order valence-corrected chi connectivity index (χ2v) is 5.08. The molecule has 0 saturated heterocycles. The summed E-state index contributed by atoms with van der Waals surface area (Å²) in [6.45, 7) is 6.71. The van der Waals surface area contributed by atoms with E-state index in [1.165, 1.54) is 11.1 Å². The lowest BCUT2D eigenvalue weighted by atomic mass is 9.86. The molecule has 0 bridgehead atoms. The summed E-state index contributed by atoms with van der Waals surface area (Å²) in [5.41, 5.74) is 2.89. The zero-order valence-corrected chi connectivity index (χ0v) is 10.6. The minimum absolute atomic E-state index is 0.234. The van der Waals surface area contributed by atoms with Crippen molar-refractivity contribution in [2.75, 3.05) is 5.33 Å². The Balaban J connectivity index is 2.96. The quantitative estimate of drug-likeness (QED) is 0.685. The third-order valence-electron chi connectivity index (χ3n) is 2.15. The van der Waals surface area contributed by atoms with Crippen LogP contribution in [0, 0.1) is 0 Å². The van der Waals surface area contributed by atoms with Gasteiger partial charge in [0.25, 0.3) is 0 Å². The van der Waals surface area contributed by atoms with Crippen molar-refractivity contribution in [3.05, 3.63) is 41.5 Å². The summed E-state index contributed by atoms with van der Waals surface area (Å²) < 4.78 is 0. The molecule has 0 nitrogen and oxygen atoms in total. The Morgan fingerprint density at radius 2 is 2.00 bits per heavy atom. The van der Waals surface area contributed by atoms with Crippen LogP contribution in [0.1, 0.15) is 31.9 Å². The lowest BCUT2D eigenvalue weighted by molar-refractivity contribution is 0.590. The lowest BCUT2D eigenvalue weighted by Crippen LogP contribution is -2.10. The van der Waals surface area contributed by atoms with Gasteiger partial charge in [0.2, 0.25) is 0 Å². The van der Waals surface area contributed by atoms with Crippen LogP contribution in [0.5, 0.6) is 0 Å². The molecule has 0 unspecified atom stereocenters. The lowest BCUT2D eigenvalue weighted by Gasteiger charge is -2.19. The Bertz CT molecular complexity index is 318. The van der Waals surface area contributed by atoms with Crippen molar-refractivity contribution in [2.45, 2.75) is 26.2 Å². The predicted octanol–water partition coefficient (Wildman–Crippen LogP) is 4.39. The van der Waals surface area contributed by atoms with E-state index in [4.69, 9.17) is 0 Å². The van der Waals surface area contributed by atoms with Crippen LogP contribution < -0.4 is 0 Å². The highest BCUT2D eigenvalue weighted by molar-refractivity contribution is 9.09. The van der Waals surface area contributed by atoms with E-state index >= 15 is 0 Å². The average Bonchev–Trinajstić information content (AvgIpc) is 2.14. The second kappa shape index (κ2) is 4.79. The van der Waals surface area contributed by atoms with Crippen LogP contribution in [0.3, 0.4) is 0 Å². The van der Waals surface area contributed by atoms with Gasteiger partial charge in [-0.3, -0.25) is 0 Å². The number of alkyl halides is 1. The fraction of sp³-hybridized carbons (Fsp3) is 0.385. The van der Waals surface area contributed by atoms with Gasteiger partial charge in [-0.15, -0.1) is 0 Å². The number of halogens is 1. The number of benzene rings is 1. The second-order valence-electron chi connectivity index (χ2n) is 4.43. The van der Waals surface area contributed by atoms with E-state index in [2.05, 4.69) is 73.1 Å². The normalized spacial score (nSPS) is 12.3. The van der Waals surface area contributed by atoms with Crippen LogP contribution in [-0.2, 0) is 5.41 Å². The van der Waals surface area contributed by atoms with Crippen molar-refractivity contribution >= 4 is 22.0 Å². The van der Waals surface area contributed by atoms with Crippen LogP contribution >= 0.6 is 15.9 Å². The zero-order valence-electron chi connectivity index (χ0n) is 9.05. The van der Waals surface area contributed by atoms with Gasteiger partial charge in [-0.05, 0) is 16.5 Å². The molecule has 0 amide bonds. The fourth-order valence-corrected chi connectivity index (χ4v) is 1.48. The Morgan fingerprint density at radius 1 is 1.29 bits per heavy atom. The van der Waals surface area contributed by atoms with Gasteiger partial charge >= 0.3 is 0 Å². The van der Waals surface area contributed by atoms with Gasteiger partial charge in [0.1, 0.15) is 0 Å². The Morgan fingerprint density at radius 3 is 2.57 bits per heavy atom. The molecule has 0 spiro atoms. The van der Waals surface area contributed by atoms with E-state index in [0.717, 1.165) is 5.33 Å². The summed E-state index contributed by atoms with van der Waals surface area (Å²) >= 11 is 3.38. The molecule has 1 aromatic carbocycles. The van der Waals surface area contributed by atoms with Crippen LogP contribution in [-0.4, -0.2) is 5.33 Å². The summed E-state index contributed by atoms with van der Waals surface area (Å²) in [7, 11) is 0. The molecule has 14 heavy (non-hydrogen) atoms. The molecule has 1 aromatic rings. The molecule has 1 heteroatoms. The highest BCUT2D eigenvalue weighted by Gasteiger charge is 2.12. The summed E-state index contributed by atoms with van der Waals surface area (Å²) in [4.78, 5) is 0. The maximum Gasteiger partial charge on any atom is 0.0215 e. The molecule has 0 atom stereocenters. The monoisotopic (exact) mass is 252 g/mol. The maximum atomic E-state index is 3.38. The topological polar surface area (TPSA) is 0 Å². The molecule has 0 aliphatic carbocycles. The molecule has 0 fully saturated rings. The van der Waals surface area contributed by atoms with Gasteiger partial charge < -0.3 is 0 Å². The van der Waals surface area contributed by atoms with Crippen molar-refractivity contribution in [3.8, 4) is 0 Å². The molecule has 0 aromatic heterocycles. The van der Waals surface area contributed by atoms with E-state index in [1.54, 1.807) is 0 Å². The SMILES string of the molecule is CC(C)(C)c1cccc(C=CCBr)c1. The molecular weight excluding hydrogens is 236 g/mol. The standard InChI is InChI=1S/C13H17Br/c1-13(2,3)12-8-4-6-11(10-12)7-5-9-14/h4-8,10H,9H2,1-3H3. The third kappa shape index (κ3) is 3.30. The first-order valence-corrected chi connectivity index (χ1v) is 5.99. The van der Waals surface area contributed by atoms with Gasteiger partial charge in [-0.25, -0.2) is 0 Å². The molecule has 0 aliphatic rings. The molecular formula is C13H17Br. The molecule has 1 rings (SSSR count). The first-order valence-electron chi connectivity index (χ1n) is 4.87. The summed E-state index contributed by atoms with van der Waals surface area (Å²) in [5.74, 6) is 0. The zero-order chi connectivity index (χ0) is 10.6. The Kier molecular flexibility index (Phi) is 3.94. The minimum Gasteiger partial charge on any atom is -0.0883 e. The van der Waals surface area contributed by atoms with Crippen molar-refractivity contribution in [2.24, 2.45) is 0 Å². The number of allylic oxidation sites excluding steroid dienone is 1. The van der Waals surface area contributed by atoms with E-state index in [1.807, 2.05) is 0 Å². The fourth-order valence-electron chi connectivity index (χ4n) is 1.29. The number of hydrogen-bond donors (Lipinski definition) is 0. The molecule has 0 aliphatic heterocycles. The van der Waals surface area contributed by atoms with E-state index < -0.39 is 0 Å². The molecule has 0 N–H and O–H groups in total. The Labute approximate surface area is 95.2 Å². The predicted molar refractivity (Wildman–Crippen MR) is 68.0 cm³/mol. The maximum absolute atomic E-state index is 3.38. The number of hydrogen-bond acceptors (Lipinski definition) is 0. The van der Waals surface area contributed by atoms with Gasteiger partial charge in [-0.1, -0.05) is 73.1 Å². The Hall–Kier alpha value is -0.560. The molecule has 0 radical (unpaired) electrons. The van der Waals surface area contributed by atoms with Crippen molar-refractivity contribution in [3.63, 3.8) is 0 Å². The number of rotatable bonds is 2. The summed E-state index contributed by atoms with van der Waals surface area (Å²) in [5, 5.41) is 0.909. The molecule has 76 valence electrons. The molecule has 0 saturated carbocycles. The van der Waals surface area contributed by atoms with Crippen molar-refractivity contribution in [1.29, 1.82) is 0 Å². The van der Waals surface area contributed by atoms with Gasteiger partial charge in [0, 0.05) is 5.33 Å². The molecule has 0 heterocycles. The van der Waals surface area contributed by atoms with Crippen molar-refractivity contribution < 1.29 is 0 Å². The average molecular weight is 253 g/mol. The van der Waals surface area contributed by atoms with Crippen LogP contribution in [0.25, 0.3) is 6.08 Å². The van der Waals surface area contributed by atoms with Crippen molar-refractivity contribution in [1.82, 2.24) is 0 Å². The van der Waals surface area contributed by atoms with Crippen LogP contribution in [0.2, 0.25) is 0 Å². The first-order chi connectivity index (χ1) is 6.54. The van der Waals surface area contributed by atoms with Crippen LogP contribution in [0.15, 0.2) is 30.3 Å². The van der Waals surface area contributed by atoms with E-state index in [0.29, 0.717) is 0 Å². The minimum atomic E-state index is 0.234. The third-order valence-corrected chi connectivity index (χ3v) is 2.53. The van der Waals surface area contributed by atoms with Gasteiger partial charge in [-0.2, -0.15) is 0 Å². The first kappa shape index (κ1) is 11.5. The highest BCUT2D eigenvalue weighted by Crippen LogP contribution is 2.23. The highest BCUT2D eigenvalue weighted by atomic mass is 79.9.